The van der Waals surface area contributed by atoms with E-state index in [1.807, 2.05) is 30.3 Å². The fraction of sp³-hybridized carbons (Fsp3) is 0.111. The Morgan fingerprint density at radius 2 is 2.08 bits per heavy atom. The van der Waals surface area contributed by atoms with Crippen LogP contribution in [0.4, 0.5) is 0 Å². The van der Waals surface area contributed by atoms with E-state index in [-0.39, 0.29) is 11.1 Å². The molecule has 0 fully saturated rings. The molecule has 4 rings (SSSR count). The molecule has 0 unspecified atom stereocenters. The van der Waals surface area contributed by atoms with Crippen molar-refractivity contribution >= 4 is 38.4 Å². The molecular formula is C18H11N3O3S. The first kappa shape index (κ1) is 15.3. The third-order valence-corrected chi connectivity index (χ3v) is 5.13. The Hall–Kier alpha value is -3.24. The summed E-state index contributed by atoms with van der Waals surface area (Å²) in [4.78, 5) is 29.1. The molecule has 0 aliphatic carbocycles. The summed E-state index contributed by atoms with van der Waals surface area (Å²) in [5.41, 5.74) is 1.67. The van der Waals surface area contributed by atoms with Crippen LogP contribution in [0.3, 0.4) is 0 Å². The maximum atomic E-state index is 13.0. The number of aryl methyl sites for hydroxylation is 1. The summed E-state index contributed by atoms with van der Waals surface area (Å²) in [5.74, 6) is -2.03. The monoisotopic (exact) mass is 349 g/mol. The lowest BCUT2D eigenvalue weighted by Crippen LogP contribution is -2.11. The van der Waals surface area contributed by atoms with Crippen LogP contribution in [-0.4, -0.2) is 15.3 Å². The predicted molar refractivity (Wildman–Crippen MR) is 93.8 cm³/mol. The molecule has 122 valence electrons. The van der Waals surface area contributed by atoms with Gasteiger partial charge in [-0.15, -0.1) is 11.3 Å². The van der Waals surface area contributed by atoms with Crippen LogP contribution in [0.1, 0.15) is 21.3 Å². The van der Waals surface area contributed by atoms with Crippen molar-refractivity contribution in [2.24, 2.45) is 7.05 Å². The van der Waals surface area contributed by atoms with Crippen molar-refractivity contribution in [2.75, 3.05) is 0 Å². The van der Waals surface area contributed by atoms with Crippen LogP contribution in [0.5, 0.6) is 0 Å². The van der Waals surface area contributed by atoms with Gasteiger partial charge in [0.25, 0.3) is 0 Å². The number of rotatable bonds is 3. The Kier molecular flexibility index (Phi) is 3.48. The van der Waals surface area contributed by atoms with Crippen molar-refractivity contribution in [2.45, 2.75) is 5.92 Å². The molecule has 0 bridgehead atoms. The van der Waals surface area contributed by atoms with Gasteiger partial charge in [-0.3, -0.25) is 9.36 Å². The number of oxazole rings is 1. The molecule has 0 spiro atoms. The average Bonchev–Trinajstić information content (AvgIpc) is 3.17. The number of carbonyl (C=O) groups excluding carboxylic acids is 1. The number of hydrogen-bond acceptors (Lipinski definition) is 6. The first-order chi connectivity index (χ1) is 12.1. The first-order valence-corrected chi connectivity index (χ1v) is 8.29. The summed E-state index contributed by atoms with van der Waals surface area (Å²) >= 11 is 1.31. The Labute approximate surface area is 145 Å². The molecule has 0 saturated carbocycles. The van der Waals surface area contributed by atoms with Gasteiger partial charge in [0.05, 0.1) is 27.4 Å². The first-order valence-electron chi connectivity index (χ1n) is 7.48. The van der Waals surface area contributed by atoms with Crippen LogP contribution in [-0.2, 0) is 7.05 Å². The fourth-order valence-electron chi connectivity index (χ4n) is 2.74. The smallest absolute Gasteiger partial charge is 0.407 e. The normalized spacial score (nSPS) is 12.3. The molecule has 0 N–H and O–H groups in total. The van der Waals surface area contributed by atoms with Crippen LogP contribution in [0, 0.1) is 11.3 Å². The number of benzene rings is 2. The van der Waals surface area contributed by atoms with Gasteiger partial charge in [0.15, 0.2) is 17.3 Å². The summed E-state index contributed by atoms with van der Waals surface area (Å²) in [7, 11) is 1.57. The third-order valence-electron chi connectivity index (χ3n) is 4.03. The van der Waals surface area contributed by atoms with Crippen LogP contribution >= 0.6 is 11.3 Å². The van der Waals surface area contributed by atoms with Gasteiger partial charge in [0.1, 0.15) is 5.01 Å². The Morgan fingerprint density at radius 3 is 2.84 bits per heavy atom. The zero-order valence-electron chi connectivity index (χ0n) is 13.1. The highest BCUT2D eigenvalue weighted by Crippen LogP contribution is 2.31. The lowest BCUT2D eigenvalue weighted by Gasteiger charge is -2.05. The zero-order chi connectivity index (χ0) is 17.6. The van der Waals surface area contributed by atoms with Gasteiger partial charge in [-0.25, -0.2) is 9.78 Å². The van der Waals surface area contributed by atoms with Gasteiger partial charge in [-0.05, 0) is 24.3 Å². The number of aromatic nitrogens is 2. The van der Waals surface area contributed by atoms with Crippen molar-refractivity contribution in [3.8, 4) is 6.07 Å². The lowest BCUT2D eigenvalue weighted by molar-refractivity contribution is 0.0979. The molecule has 2 heterocycles. The number of Topliss-reactive ketones (excluding diaryl/α,β-unsaturated/α-hetero) is 1. The molecule has 0 radical (unpaired) electrons. The minimum Gasteiger partial charge on any atom is -0.407 e. The van der Waals surface area contributed by atoms with Crippen molar-refractivity contribution in [3.63, 3.8) is 0 Å². The molecule has 0 aliphatic heterocycles. The number of nitriles is 1. The van der Waals surface area contributed by atoms with Gasteiger partial charge < -0.3 is 4.42 Å². The third kappa shape index (κ3) is 2.35. The second kappa shape index (κ2) is 5.69. The summed E-state index contributed by atoms with van der Waals surface area (Å²) in [5, 5.41) is 10.0. The van der Waals surface area contributed by atoms with Crippen LogP contribution < -0.4 is 5.76 Å². The molecule has 0 saturated heterocycles. The maximum Gasteiger partial charge on any atom is 0.419 e. The van der Waals surface area contributed by atoms with Crippen molar-refractivity contribution in [1.29, 1.82) is 5.26 Å². The largest absolute Gasteiger partial charge is 0.419 e. The lowest BCUT2D eigenvalue weighted by atomic mass is 9.98. The van der Waals surface area contributed by atoms with Crippen molar-refractivity contribution in [1.82, 2.24) is 9.55 Å². The van der Waals surface area contributed by atoms with Gasteiger partial charge in [-0.1, -0.05) is 18.2 Å². The molecule has 1 atom stereocenters. The van der Waals surface area contributed by atoms with Crippen LogP contribution in [0.25, 0.3) is 21.3 Å². The number of fused-ring (bicyclic) bond motifs is 2. The van der Waals surface area contributed by atoms with E-state index in [0.717, 1.165) is 10.2 Å². The molecular weight excluding hydrogens is 338 g/mol. The molecule has 0 amide bonds. The van der Waals surface area contributed by atoms with Gasteiger partial charge in [-0.2, -0.15) is 5.26 Å². The Balaban J connectivity index is 1.85. The standard InChI is InChI=1S/C18H11N3O3S/c1-21-13-7-4-5-10(16(13)24-18(21)23)15(22)11(9-19)17-20-12-6-2-3-8-14(12)25-17/h2-8,11H,1H3/t11-/m0/s1. The van der Waals surface area contributed by atoms with E-state index in [2.05, 4.69) is 4.98 Å². The van der Waals surface area contributed by atoms with Gasteiger partial charge in [0, 0.05) is 7.05 Å². The maximum absolute atomic E-state index is 13.0. The number of hydrogen-bond donors (Lipinski definition) is 0. The number of nitrogens with zero attached hydrogens (tertiary/aromatic N) is 3. The van der Waals surface area contributed by atoms with Crippen LogP contribution in [0.2, 0.25) is 0 Å². The molecule has 25 heavy (non-hydrogen) atoms. The quantitative estimate of drug-likeness (QED) is 0.530. The number of thiazole rings is 1. The Bertz CT molecular complexity index is 1190. The number of para-hydroxylation sites is 2. The van der Waals surface area contributed by atoms with E-state index in [4.69, 9.17) is 4.42 Å². The average molecular weight is 349 g/mol. The zero-order valence-corrected chi connectivity index (χ0v) is 13.9. The minimum absolute atomic E-state index is 0.196. The molecule has 6 nitrogen and oxygen atoms in total. The molecule has 2 aromatic carbocycles. The minimum atomic E-state index is -1.05. The van der Waals surface area contributed by atoms with E-state index in [9.17, 15) is 14.9 Å². The van der Waals surface area contributed by atoms with E-state index in [1.165, 1.54) is 15.9 Å². The Morgan fingerprint density at radius 1 is 1.28 bits per heavy atom. The number of ketones is 1. The highest BCUT2D eigenvalue weighted by molar-refractivity contribution is 7.18. The highest BCUT2D eigenvalue weighted by atomic mass is 32.1. The van der Waals surface area contributed by atoms with Crippen LogP contribution in [0.15, 0.2) is 51.7 Å². The molecule has 0 aliphatic rings. The van der Waals surface area contributed by atoms with E-state index in [1.54, 1.807) is 25.2 Å². The molecule has 7 heteroatoms. The fourth-order valence-corrected chi connectivity index (χ4v) is 3.75. The molecule has 4 aromatic rings. The summed E-state index contributed by atoms with van der Waals surface area (Å²) in [6, 6.07) is 14.4. The molecule has 2 aromatic heterocycles. The van der Waals surface area contributed by atoms with Gasteiger partial charge in [0.2, 0.25) is 0 Å². The number of carbonyl (C=O) groups is 1. The topological polar surface area (TPSA) is 88.9 Å². The van der Waals surface area contributed by atoms with E-state index in [0.29, 0.717) is 10.5 Å². The van der Waals surface area contributed by atoms with Crippen molar-refractivity contribution in [3.05, 3.63) is 63.6 Å². The second-order valence-electron chi connectivity index (χ2n) is 5.53. The highest BCUT2D eigenvalue weighted by Gasteiger charge is 2.28. The van der Waals surface area contributed by atoms with E-state index < -0.39 is 17.5 Å². The van der Waals surface area contributed by atoms with E-state index >= 15 is 0 Å². The predicted octanol–water partition coefficient (Wildman–Crippen LogP) is 3.23. The van der Waals surface area contributed by atoms with Gasteiger partial charge >= 0.3 is 5.76 Å². The summed E-state index contributed by atoms with van der Waals surface area (Å²) < 4.78 is 7.44. The SMILES string of the molecule is Cn1c(=O)oc2c(C(=O)[C@H](C#N)c3nc4ccccc4s3)cccc21. The second-order valence-corrected chi connectivity index (χ2v) is 6.59. The summed E-state index contributed by atoms with van der Waals surface area (Å²) in [6.07, 6.45) is 0. The van der Waals surface area contributed by atoms with Crippen molar-refractivity contribution < 1.29 is 9.21 Å². The summed E-state index contributed by atoms with van der Waals surface area (Å²) in [6.45, 7) is 0.